The summed E-state index contributed by atoms with van der Waals surface area (Å²) in [5.74, 6) is -1.64. The van der Waals surface area contributed by atoms with Gasteiger partial charge in [-0.2, -0.15) is 0 Å². The maximum atomic E-state index is 13.3. The van der Waals surface area contributed by atoms with E-state index in [1.165, 1.54) is 19.1 Å². The van der Waals surface area contributed by atoms with Crippen molar-refractivity contribution in [2.75, 3.05) is 27.4 Å². The fourth-order valence-electron chi connectivity index (χ4n) is 5.40. The lowest BCUT2D eigenvalue weighted by Crippen LogP contribution is -2.61. The van der Waals surface area contributed by atoms with Crippen LogP contribution in [0.2, 0.25) is 0 Å². The van der Waals surface area contributed by atoms with Crippen molar-refractivity contribution in [3.8, 4) is 11.1 Å². The zero-order chi connectivity index (χ0) is 25.0. The summed E-state index contributed by atoms with van der Waals surface area (Å²) in [7, 11) is 2.91. The molecule has 0 spiro atoms. The van der Waals surface area contributed by atoms with E-state index in [4.69, 9.17) is 9.47 Å². The smallest absolute Gasteiger partial charge is 0.407 e. The van der Waals surface area contributed by atoms with Gasteiger partial charge in [0, 0.05) is 20.1 Å². The number of rotatable bonds is 8. The second-order valence-corrected chi connectivity index (χ2v) is 9.27. The van der Waals surface area contributed by atoms with Crippen LogP contribution in [0.15, 0.2) is 48.5 Å². The van der Waals surface area contributed by atoms with Crippen LogP contribution in [-0.2, 0) is 19.1 Å². The fourth-order valence-corrected chi connectivity index (χ4v) is 5.40. The Labute approximate surface area is 205 Å². The van der Waals surface area contributed by atoms with E-state index in [1.807, 2.05) is 36.4 Å². The van der Waals surface area contributed by atoms with Crippen molar-refractivity contribution < 1.29 is 29.0 Å². The summed E-state index contributed by atoms with van der Waals surface area (Å²) in [6.07, 6.45) is 2.43. The van der Waals surface area contributed by atoms with Crippen molar-refractivity contribution in [3.63, 3.8) is 0 Å². The summed E-state index contributed by atoms with van der Waals surface area (Å²) < 4.78 is 10.7. The minimum absolute atomic E-state index is 0.0942. The third kappa shape index (κ3) is 4.75. The number of aliphatic carboxylic acids is 1. The van der Waals surface area contributed by atoms with Gasteiger partial charge in [-0.25, -0.2) is 9.59 Å². The number of carboxylic acid groups (broad SMARTS) is 1. The van der Waals surface area contributed by atoms with Crippen LogP contribution in [0.3, 0.4) is 0 Å². The molecule has 2 amide bonds. The average molecular weight is 481 g/mol. The maximum absolute atomic E-state index is 13.3. The van der Waals surface area contributed by atoms with Crippen LogP contribution >= 0.6 is 0 Å². The first-order valence-electron chi connectivity index (χ1n) is 12.0. The van der Waals surface area contributed by atoms with Gasteiger partial charge < -0.3 is 24.8 Å². The molecule has 0 unspecified atom stereocenters. The molecule has 0 heterocycles. The number of carbonyl (C=O) groups is 3. The molecule has 4 rings (SSSR count). The molecule has 2 aliphatic carbocycles. The SMILES string of the molecule is COC[C@H](NC(=O)OCC1c2ccccc2-c2ccccc21)C(=O)N(C)C1(C(=O)O)CCCCC1. The Morgan fingerprint density at radius 2 is 1.60 bits per heavy atom. The number of nitrogens with one attached hydrogen (secondary N) is 1. The Morgan fingerprint density at radius 3 is 2.14 bits per heavy atom. The lowest BCUT2D eigenvalue weighted by atomic mass is 9.80. The maximum Gasteiger partial charge on any atom is 0.407 e. The Hall–Kier alpha value is -3.39. The van der Waals surface area contributed by atoms with Crippen molar-refractivity contribution in [2.45, 2.75) is 49.6 Å². The predicted molar refractivity (Wildman–Crippen MR) is 130 cm³/mol. The van der Waals surface area contributed by atoms with Gasteiger partial charge in [-0.15, -0.1) is 0 Å². The van der Waals surface area contributed by atoms with Crippen molar-refractivity contribution in [1.82, 2.24) is 10.2 Å². The van der Waals surface area contributed by atoms with Crippen molar-refractivity contribution in [2.24, 2.45) is 0 Å². The van der Waals surface area contributed by atoms with E-state index in [0.29, 0.717) is 12.8 Å². The average Bonchev–Trinajstić information content (AvgIpc) is 3.20. The molecule has 1 fully saturated rings. The van der Waals surface area contributed by atoms with Crippen LogP contribution < -0.4 is 5.32 Å². The van der Waals surface area contributed by atoms with Gasteiger partial charge in [-0.1, -0.05) is 67.8 Å². The van der Waals surface area contributed by atoms with Crippen molar-refractivity contribution >= 4 is 18.0 Å². The predicted octanol–water partition coefficient (Wildman–Crippen LogP) is 3.79. The van der Waals surface area contributed by atoms with E-state index in [9.17, 15) is 19.5 Å². The van der Waals surface area contributed by atoms with Gasteiger partial charge in [0.2, 0.25) is 5.91 Å². The lowest BCUT2D eigenvalue weighted by Gasteiger charge is -2.42. The molecular weight excluding hydrogens is 448 g/mol. The number of carbonyl (C=O) groups excluding carboxylic acids is 2. The molecular formula is C27H32N2O6. The highest BCUT2D eigenvalue weighted by atomic mass is 16.5. The number of nitrogens with zero attached hydrogens (tertiary/aromatic N) is 1. The van der Waals surface area contributed by atoms with Crippen LogP contribution in [0.1, 0.15) is 49.1 Å². The van der Waals surface area contributed by atoms with Gasteiger partial charge in [-0.05, 0) is 35.1 Å². The quantitative estimate of drug-likeness (QED) is 0.596. The molecule has 1 atom stereocenters. The Bertz CT molecular complexity index is 1050. The largest absolute Gasteiger partial charge is 0.479 e. The van der Waals surface area contributed by atoms with Gasteiger partial charge >= 0.3 is 12.1 Å². The summed E-state index contributed by atoms with van der Waals surface area (Å²) in [4.78, 5) is 39.4. The number of ether oxygens (including phenoxy) is 2. The summed E-state index contributed by atoms with van der Waals surface area (Å²) >= 11 is 0. The Kier molecular flexibility index (Phi) is 7.40. The topological polar surface area (TPSA) is 105 Å². The van der Waals surface area contributed by atoms with Crippen LogP contribution in [0.25, 0.3) is 11.1 Å². The zero-order valence-electron chi connectivity index (χ0n) is 20.2. The van der Waals surface area contributed by atoms with Crippen LogP contribution in [0.4, 0.5) is 4.79 Å². The number of benzene rings is 2. The zero-order valence-corrected chi connectivity index (χ0v) is 20.2. The fraction of sp³-hybridized carbons (Fsp3) is 0.444. The normalized spacial score (nSPS) is 17.1. The highest BCUT2D eigenvalue weighted by Crippen LogP contribution is 2.44. The highest BCUT2D eigenvalue weighted by molar-refractivity contribution is 5.91. The molecule has 186 valence electrons. The van der Waals surface area contributed by atoms with E-state index >= 15 is 0 Å². The summed E-state index contributed by atoms with van der Waals surface area (Å²) in [5.41, 5.74) is 3.15. The monoisotopic (exact) mass is 480 g/mol. The second kappa shape index (κ2) is 10.5. The summed E-state index contributed by atoms with van der Waals surface area (Å²) in [6.45, 7) is 0.0196. The van der Waals surface area contributed by atoms with Crippen molar-refractivity contribution in [3.05, 3.63) is 59.7 Å². The minimum Gasteiger partial charge on any atom is -0.479 e. The first kappa shape index (κ1) is 24.7. The van der Waals surface area contributed by atoms with Crippen LogP contribution in [0.5, 0.6) is 0 Å². The molecule has 2 N–H and O–H groups in total. The lowest BCUT2D eigenvalue weighted by molar-refractivity contribution is -0.161. The molecule has 35 heavy (non-hydrogen) atoms. The summed E-state index contributed by atoms with van der Waals surface area (Å²) in [6, 6.07) is 15.0. The molecule has 2 aromatic carbocycles. The summed E-state index contributed by atoms with van der Waals surface area (Å²) in [5, 5.41) is 12.5. The third-order valence-corrected chi connectivity index (χ3v) is 7.32. The first-order chi connectivity index (χ1) is 16.9. The highest BCUT2D eigenvalue weighted by Gasteiger charge is 2.47. The number of alkyl carbamates (subject to hydrolysis) is 1. The Morgan fingerprint density at radius 1 is 1.03 bits per heavy atom. The molecule has 1 saturated carbocycles. The van der Waals surface area contributed by atoms with E-state index in [-0.39, 0.29) is 19.1 Å². The Balaban J connectivity index is 1.44. The molecule has 0 aliphatic heterocycles. The number of carboxylic acids is 1. The number of hydrogen-bond acceptors (Lipinski definition) is 5. The molecule has 2 aliphatic rings. The molecule has 0 aromatic heterocycles. The van der Waals surface area contributed by atoms with Gasteiger partial charge in [-0.3, -0.25) is 4.79 Å². The molecule has 8 heteroatoms. The van der Waals surface area contributed by atoms with E-state index in [1.54, 1.807) is 0 Å². The van der Waals surface area contributed by atoms with Crippen LogP contribution in [0, 0.1) is 0 Å². The first-order valence-corrected chi connectivity index (χ1v) is 12.0. The van der Waals surface area contributed by atoms with E-state index < -0.39 is 29.6 Å². The molecule has 0 bridgehead atoms. The third-order valence-electron chi connectivity index (χ3n) is 7.32. The number of likely N-dealkylation sites (N-methyl/N-ethyl adjacent to an activating group) is 1. The number of fused-ring (bicyclic) bond motifs is 3. The van der Waals surface area contributed by atoms with Gasteiger partial charge in [0.15, 0.2) is 0 Å². The van der Waals surface area contributed by atoms with Gasteiger partial charge in [0.05, 0.1) is 6.61 Å². The van der Waals surface area contributed by atoms with E-state index in [2.05, 4.69) is 17.4 Å². The second-order valence-electron chi connectivity index (χ2n) is 9.27. The molecule has 0 radical (unpaired) electrons. The van der Waals surface area contributed by atoms with Crippen LogP contribution in [-0.4, -0.2) is 66.9 Å². The molecule has 2 aromatic rings. The molecule has 0 saturated heterocycles. The molecule has 8 nitrogen and oxygen atoms in total. The minimum atomic E-state index is -1.27. The van der Waals surface area contributed by atoms with Gasteiger partial charge in [0.1, 0.15) is 18.2 Å². The van der Waals surface area contributed by atoms with Crippen molar-refractivity contribution in [1.29, 1.82) is 0 Å². The van der Waals surface area contributed by atoms with Gasteiger partial charge in [0.25, 0.3) is 0 Å². The van der Waals surface area contributed by atoms with E-state index in [0.717, 1.165) is 41.5 Å². The number of hydrogen-bond donors (Lipinski definition) is 2. The number of methoxy groups -OCH3 is 1. The standard InChI is InChI=1S/C27H32N2O6/c1-29(27(25(31)32)14-8-3-9-15-27)24(30)23(17-34-2)28-26(33)35-16-22-20-12-6-4-10-18(20)19-11-5-7-13-21(19)22/h4-7,10-13,22-23H,3,8-9,14-17H2,1-2H3,(H,28,33)(H,31,32)/t23-/m0/s1. The number of amides is 2.